The summed E-state index contributed by atoms with van der Waals surface area (Å²) in [5, 5.41) is 10.2. The third kappa shape index (κ3) is 3.36. The van der Waals surface area contributed by atoms with Crippen molar-refractivity contribution in [2.24, 2.45) is 0 Å². The highest BCUT2D eigenvalue weighted by atomic mass is 35.5. The minimum Gasteiger partial charge on any atom is -0.289 e. The fourth-order valence-corrected chi connectivity index (χ4v) is 5.27. The van der Waals surface area contributed by atoms with Gasteiger partial charge in [-0.2, -0.15) is 0 Å². The van der Waals surface area contributed by atoms with Crippen LogP contribution in [0.4, 0.5) is 5.69 Å². The van der Waals surface area contributed by atoms with Gasteiger partial charge in [-0.1, -0.05) is 53.9 Å². The molecule has 1 aliphatic heterocycles. The summed E-state index contributed by atoms with van der Waals surface area (Å²) < 4.78 is 25.4. The molecule has 0 spiro atoms. The van der Waals surface area contributed by atoms with Gasteiger partial charge in [0.05, 0.1) is 10.6 Å². The van der Waals surface area contributed by atoms with Crippen molar-refractivity contribution in [1.29, 1.82) is 0 Å². The van der Waals surface area contributed by atoms with Crippen molar-refractivity contribution in [1.82, 2.24) is 5.48 Å². The molecule has 0 aliphatic carbocycles. The summed E-state index contributed by atoms with van der Waals surface area (Å²) in [6, 6.07) is 10.8. The second-order valence-electron chi connectivity index (χ2n) is 6.16. The lowest BCUT2D eigenvalue weighted by atomic mass is 10.1. The molecule has 2 aromatic rings. The van der Waals surface area contributed by atoms with Crippen LogP contribution in [0.15, 0.2) is 41.3 Å². The zero-order valence-corrected chi connectivity index (χ0v) is 16.1. The van der Waals surface area contributed by atoms with Gasteiger partial charge in [-0.15, -0.1) is 0 Å². The number of anilines is 1. The van der Waals surface area contributed by atoms with E-state index in [-0.39, 0.29) is 6.42 Å². The zero-order valence-electron chi connectivity index (χ0n) is 13.8. The number of halogens is 2. The number of rotatable bonds is 7. The normalized spacial score (nSPS) is 15.4. The standard InChI is InChI=1S/C17H18Cl2N2O4S/c18-17(19,16(22)20-23)10-2-1-3-11-21-13-8-4-6-12-7-5-9-14(15(12)13)26(21,24)25/h4-9,23H,1-3,10-11H2,(H,20,22). The minimum absolute atomic E-state index is 0.158. The van der Waals surface area contributed by atoms with Gasteiger partial charge in [-0.05, 0) is 36.8 Å². The summed E-state index contributed by atoms with van der Waals surface area (Å²) in [5.41, 5.74) is 2.13. The average molecular weight is 417 g/mol. The van der Waals surface area contributed by atoms with E-state index in [1.54, 1.807) is 12.1 Å². The van der Waals surface area contributed by atoms with E-state index >= 15 is 0 Å². The van der Waals surface area contributed by atoms with Crippen LogP contribution in [-0.2, 0) is 14.8 Å². The molecule has 0 radical (unpaired) electrons. The molecule has 1 aliphatic rings. The molecule has 140 valence electrons. The fraction of sp³-hybridized carbons (Fsp3) is 0.353. The molecule has 1 heterocycles. The molecule has 0 fully saturated rings. The van der Waals surface area contributed by atoms with E-state index in [2.05, 4.69) is 0 Å². The summed E-state index contributed by atoms with van der Waals surface area (Å²) in [6.45, 7) is 0.333. The van der Waals surface area contributed by atoms with Crippen LogP contribution >= 0.6 is 23.2 Å². The molecular weight excluding hydrogens is 399 g/mol. The van der Waals surface area contributed by atoms with Crippen LogP contribution in [0.1, 0.15) is 25.7 Å². The van der Waals surface area contributed by atoms with Gasteiger partial charge in [-0.25, -0.2) is 13.9 Å². The predicted octanol–water partition coefficient (Wildman–Crippen LogP) is 3.59. The highest BCUT2D eigenvalue weighted by Gasteiger charge is 2.35. The molecule has 0 bridgehead atoms. The number of nitrogens with zero attached hydrogens (tertiary/aromatic N) is 1. The summed E-state index contributed by atoms with van der Waals surface area (Å²) >= 11 is 11.7. The summed E-state index contributed by atoms with van der Waals surface area (Å²) in [7, 11) is -3.55. The van der Waals surface area contributed by atoms with Crippen molar-refractivity contribution in [2.75, 3.05) is 10.8 Å². The molecule has 0 atom stereocenters. The van der Waals surface area contributed by atoms with Crippen molar-refractivity contribution in [3.63, 3.8) is 0 Å². The SMILES string of the molecule is O=C(NO)C(Cl)(Cl)CCCCCN1c2cccc3cccc(c23)S1(=O)=O. The average Bonchev–Trinajstić information content (AvgIpc) is 2.83. The Labute approximate surface area is 161 Å². The number of hydrogen-bond acceptors (Lipinski definition) is 4. The van der Waals surface area contributed by atoms with Crippen molar-refractivity contribution in [3.05, 3.63) is 36.4 Å². The van der Waals surface area contributed by atoms with Gasteiger partial charge >= 0.3 is 0 Å². The Kier molecular flexibility index (Phi) is 5.35. The smallest absolute Gasteiger partial charge is 0.279 e. The van der Waals surface area contributed by atoms with Gasteiger partial charge < -0.3 is 0 Å². The molecule has 1 amide bonds. The molecule has 0 unspecified atom stereocenters. The first-order valence-corrected chi connectivity index (χ1v) is 10.4. The zero-order chi connectivity index (χ0) is 18.9. The topological polar surface area (TPSA) is 86.7 Å². The Morgan fingerprint density at radius 2 is 1.81 bits per heavy atom. The van der Waals surface area contributed by atoms with E-state index in [0.29, 0.717) is 36.4 Å². The van der Waals surface area contributed by atoms with E-state index in [9.17, 15) is 13.2 Å². The maximum absolute atomic E-state index is 12.8. The maximum atomic E-state index is 12.8. The highest BCUT2D eigenvalue weighted by Crippen LogP contribution is 2.42. The molecule has 3 rings (SSSR count). The van der Waals surface area contributed by atoms with Gasteiger partial charge in [0.15, 0.2) is 4.33 Å². The molecule has 2 aromatic carbocycles. The summed E-state index contributed by atoms with van der Waals surface area (Å²) in [4.78, 5) is 11.6. The first-order valence-electron chi connectivity index (χ1n) is 8.16. The molecular formula is C17H18Cl2N2O4S. The number of carbonyl (C=O) groups excluding carboxylic acids is 1. The molecule has 0 saturated carbocycles. The van der Waals surface area contributed by atoms with Gasteiger partial charge in [0, 0.05) is 11.9 Å². The fourth-order valence-electron chi connectivity index (χ4n) is 3.17. The highest BCUT2D eigenvalue weighted by molar-refractivity contribution is 7.93. The van der Waals surface area contributed by atoms with Crippen LogP contribution in [0.25, 0.3) is 10.8 Å². The molecule has 0 aromatic heterocycles. The number of hydroxylamine groups is 1. The first kappa shape index (κ1) is 19.2. The lowest BCUT2D eigenvalue weighted by Crippen LogP contribution is -2.36. The second-order valence-corrected chi connectivity index (χ2v) is 9.48. The van der Waals surface area contributed by atoms with Crippen molar-refractivity contribution in [2.45, 2.75) is 34.9 Å². The number of sulfonamides is 1. The third-order valence-corrected chi connectivity index (χ3v) is 7.04. The summed E-state index contributed by atoms with van der Waals surface area (Å²) in [6.07, 6.45) is 1.91. The molecule has 0 saturated heterocycles. The quantitative estimate of drug-likeness (QED) is 0.312. The monoisotopic (exact) mass is 416 g/mol. The lowest BCUT2D eigenvalue weighted by Gasteiger charge is -2.19. The number of alkyl halides is 2. The maximum Gasteiger partial charge on any atom is 0.279 e. The molecule has 9 heteroatoms. The molecule has 26 heavy (non-hydrogen) atoms. The number of benzene rings is 2. The van der Waals surface area contributed by atoms with Crippen molar-refractivity contribution in [3.8, 4) is 0 Å². The molecule has 6 nitrogen and oxygen atoms in total. The Morgan fingerprint density at radius 1 is 1.12 bits per heavy atom. The van der Waals surface area contributed by atoms with Crippen LogP contribution in [0.3, 0.4) is 0 Å². The van der Waals surface area contributed by atoms with E-state index in [1.807, 2.05) is 24.3 Å². The van der Waals surface area contributed by atoms with Crippen LogP contribution in [0.2, 0.25) is 0 Å². The van der Waals surface area contributed by atoms with Gasteiger partial charge in [0.25, 0.3) is 15.9 Å². The van der Waals surface area contributed by atoms with Crippen molar-refractivity contribution < 1.29 is 18.4 Å². The largest absolute Gasteiger partial charge is 0.289 e. The second kappa shape index (κ2) is 7.23. The number of hydrogen-bond donors (Lipinski definition) is 2. The lowest BCUT2D eigenvalue weighted by molar-refractivity contribution is -0.130. The number of unbranched alkanes of at least 4 members (excludes halogenated alkanes) is 2. The van der Waals surface area contributed by atoms with Crippen molar-refractivity contribution >= 4 is 55.6 Å². The van der Waals surface area contributed by atoms with Gasteiger partial charge in [0.1, 0.15) is 0 Å². The molecule has 2 N–H and O–H groups in total. The van der Waals surface area contributed by atoms with Gasteiger partial charge in [-0.3, -0.25) is 14.3 Å². The number of amides is 1. The Morgan fingerprint density at radius 3 is 2.50 bits per heavy atom. The Hall–Kier alpha value is -1.54. The minimum atomic E-state index is -3.55. The number of nitrogens with one attached hydrogen (secondary N) is 1. The number of carbonyl (C=O) groups is 1. The Balaban J connectivity index is 1.65. The third-order valence-electron chi connectivity index (χ3n) is 4.47. The van der Waals surface area contributed by atoms with E-state index in [1.165, 1.54) is 9.79 Å². The van der Waals surface area contributed by atoms with Crippen LogP contribution < -0.4 is 9.79 Å². The predicted molar refractivity (Wildman–Crippen MR) is 101 cm³/mol. The van der Waals surface area contributed by atoms with E-state index < -0.39 is 20.3 Å². The van der Waals surface area contributed by atoms with Gasteiger partial charge in [0.2, 0.25) is 0 Å². The van der Waals surface area contributed by atoms with E-state index in [0.717, 1.165) is 10.8 Å². The van der Waals surface area contributed by atoms with E-state index in [4.69, 9.17) is 28.4 Å². The first-order chi connectivity index (χ1) is 12.3. The Bertz CT molecular complexity index is 942. The van der Waals surface area contributed by atoms with Crippen LogP contribution in [-0.4, -0.2) is 30.4 Å². The van der Waals surface area contributed by atoms with Crippen LogP contribution in [0, 0.1) is 0 Å². The summed E-state index contributed by atoms with van der Waals surface area (Å²) in [5.74, 6) is -0.870. The van der Waals surface area contributed by atoms with Crippen LogP contribution in [0.5, 0.6) is 0 Å².